The maximum atomic E-state index is 13.7. The quantitative estimate of drug-likeness (QED) is 0.290. The second-order valence-electron chi connectivity index (χ2n) is 12.1. The van der Waals surface area contributed by atoms with Crippen LogP contribution in [-0.4, -0.2) is 68.8 Å². The first kappa shape index (κ1) is 31.0. The first-order valence-corrected chi connectivity index (χ1v) is 14.3. The molecule has 2 aliphatic rings. The van der Waals surface area contributed by atoms with Crippen molar-refractivity contribution < 1.29 is 38.7 Å². The van der Waals surface area contributed by atoms with E-state index < -0.39 is 29.7 Å². The number of hydrogen-bond acceptors (Lipinski definition) is 8. The van der Waals surface area contributed by atoms with Crippen molar-refractivity contribution in [2.45, 2.75) is 97.6 Å². The van der Waals surface area contributed by atoms with Crippen LogP contribution in [0.4, 0.5) is 0 Å². The Bertz CT molecular complexity index is 1330. The summed E-state index contributed by atoms with van der Waals surface area (Å²) in [4.78, 5) is 51.6. The monoisotopic (exact) mass is 584 g/mol. The lowest BCUT2D eigenvalue weighted by molar-refractivity contribution is -0.141. The molecular formula is C30H40N4O8. The minimum absolute atomic E-state index is 0.0362. The van der Waals surface area contributed by atoms with Gasteiger partial charge >= 0.3 is 5.97 Å². The third-order valence-electron chi connectivity index (χ3n) is 7.57. The number of carboxylic acid groups (broad SMARTS) is 1. The molecule has 4 N–H and O–H groups in total. The van der Waals surface area contributed by atoms with Gasteiger partial charge in [-0.1, -0.05) is 44.5 Å². The van der Waals surface area contributed by atoms with E-state index in [1.54, 1.807) is 0 Å². The minimum Gasteiger partial charge on any atom is -0.485 e. The van der Waals surface area contributed by atoms with Crippen LogP contribution < -0.4 is 15.4 Å². The van der Waals surface area contributed by atoms with E-state index >= 15 is 0 Å². The molecule has 1 aromatic heterocycles. The van der Waals surface area contributed by atoms with Gasteiger partial charge < -0.3 is 35.0 Å². The fourth-order valence-corrected chi connectivity index (χ4v) is 5.41. The fraction of sp³-hybridized carbons (Fsp3) is 0.567. The number of nitrogens with one attached hydrogen (secondary N) is 2. The molecule has 0 unspecified atom stereocenters. The molecule has 42 heavy (non-hydrogen) atoms. The zero-order valence-corrected chi connectivity index (χ0v) is 24.6. The van der Waals surface area contributed by atoms with Crippen molar-refractivity contribution in [3.05, 3.63) is 35.2 Å². The standard InChI is InChI=1S/C30H40N4O8/c1-17-27-20-11-10-18(12-21(20)41-16-22(27)42-33-17)13-25(37)31-23-14-19(35)15-34(23)29(40)28(30(2,3)4)32-24(36)8-6-5-7-9-26(38)39/h10-12,19,23,28,35H,5-9,13-16H2,1-4H3,(H,31,37)(H,32,36)(H,38,39)/t19-,23+,28-/m1/s1. The third-order valence-corrected chi connectivity index (χ3v) is 7.57. The summed E-state index contributed by atoms with van der Waals surface area (Å²) in [7, 11) is 0. The third kappa shape index (κ3) is 7.47. The number of aliphatic hydroxyl groups excluding tert-OH is 1. The number of aliphatic carboxylic acids is 1. The summed E-state index contributed by atoms with van der Waals surface area (Å²) in [6, 6.07) is 4.64. The highest BCUT2D eigenvalue weighted by Crippen LogP contribution is 2.40. The first-order valence-electron chi connectivity index (χ1n) is 14.3. The number of amides is 3. The van der Waals surface area contributed by atoms with E-state index in [9.17, 15) is 24.3 Å². The molecule has 4 rings (SSSR count). The van der Waals surface area contributed by atoms with Crippen LogP contribution in [0.2, 0.25) is 0 Å². The van der Waals surface area contributed by atoms with Gasteiger partial charge in [0.2, 0.25) is 17.7 Å². The Labute approximate surface area is 244 Å². The molecule has 0 spiro atoms. The van der Waals surface area contributed by atoms with Gasteiger partial charge in [-0.25, -0.2) is 0 Å². The molecule has 0 aliphatic carbocycles. The number of carbonyl (C=O) groups is 4. The van der Waals surface area contributed by atoms with E-state index in [1.807, 2.05) is 45.9 Å². The van der Waals surface area contributed by atoms with Gasteiger partial charge in [-0.3, -0.25) is 19.2 Å². The van der Waals surface area contributed by atoms with Crippen LogP contribution in [-0.2, 0) is 32.2 Å². The number of benzene rings is 1. The molecule has 12 nitrogen and oxygen atoms in total. The smallest absolute Gasteiger partial charge is 0.303 e. The molecule has 2 aromatic rings. The minimum atomic E-state index is -0.878. The zero-order valence-electron chi connectivity index (χ0n) is 24.6. The van der Waals surface area contributed by atoms with Crippen molar-refractivity contribution in [2.24, 2.45) is 5.41 Å². The van der Waals surface area contributed by atoms with Crippen molar-refractivity contribution in [1.29, 1.82) is 0 Å². The Kier molecular flexibility index (Phi) is 9.55. The highest BCUT2D eigenvalue weighted by atomic mass is 16.5. The Morgan fingerprint density at radius 3 is 2.57 bits per heavy atom. The van der Waals surface area contributed by atoms with Gasteiger partial charge in [-0.2, -0.15) is 0 Å². The number of hydrogen-bond donors (Lipinski definition) is 4. The van der Waals surface area contributed by atoms with Crippen LogP contribution in [0.25, 0.3) is 11.1 Å². The number of aromatic nitrogens is 1. The number of carbonyl (C=O) groups excluding carboxylic acids is 3. The van der Waals surface area contributed by atoms with Crippen LogP contribution >= 0.6 is 0 Å². The molecule has 1 saturated heterocycles. The Morgan fingerprint density at radius 2 is 1.86 bits per heavy atom. The van der Waals surface area contributed by atoms with Crippen molar-refractivity contribution in [3.8, 4) is 16.9 Å². The second-order valence-corrected chi connectivity index (χ2v) is 12.1. The molecule has 0 bridgehead atoms. The van der Waals surface area contributed by atoms with Gasteiger partial charge in [0.15, 0.2) is 5.76 Å². The number of likely N-dealkylation sites (tertiary alicyclic amines) is 1. The van der Waals surface area contributed by atoms with E-state index in [4.69, 9.17) is 14.4 Å². The van der Waals surface area contributed by atoms with Gasteiger partial charge in [-0.15, -0.1) is 0 Å². The number of fused-ring (bicyclic) bond motifs is 3. The van der Waals surface area contributed by atoms with E-state index in [1.165, 1.54) is 4.90 Å². The van der Waals surface area contributed by atoms with Gasteiger partial charge in [0.25, 0.3) is 0 Å². The number of rotatable bonds is 11. The lowest BCUT2D eigenvalue weighted by Crippen LogP contribution is -2.58. The molecule has 12 heteroatoms. The van der Waals surface area contributed by atoms with E-state index in [2.05, 4.69) is 15.8 Å². The normalized spacial score (nSPS) is 18.5. The number of nitrogens with zero attached hydrogens (tertiary/aromatic N) is 2. The van der Waals surface area contributed by atoms with Gasteiger partial charge in [0.05, 0.1) is 23.8 Å². The highest BCUT2D eigenvalue weighted by Gasteiger charge is 2.42. The molecule has 1 aromatic carbocycles. The summed E-state index contributed by atoms with van der Waals surface area (Å²) >= 11 is 0. The van der Waals surface area contributed by atoms with Crippen molar-refractivity contribution in [2.75, 3.05) is 6.54 Å². The number of ether oxygens (including phenoxy) is 1. The number of unbranched alkanes of at least 4 members (excludes halogenated alkanes) is 2. The molecule has 0 saturated carbocycles. The van der Waals surface area contributed by atoms with Crippen molar-refractivity contribution in [3.63, 3.8) is 0 Å². The molecule has 1 fully saturated rings. The average Bonchev–Trinajstić information content (AvgIpc) is 3.47. The van der Waals surface area contributed by atoms with Gasteiger partial charge in [-0.05, 0) is 36.8 Å². The predicted octanol–water partition coefficient (Wildman–Crippen LogP) is 2.69. The SMILES string of the molecule is Cc1noc2c1-c1ccc(CC(=O)N[C@@H]3C[C@@H](O)CN3C(=O)[C@@H](NC(=O)CCCCCC(=O)O)C(C)(C)C)cc1OC2. The summed E-state index contributed by atoms with van der Waals surface area (Å²) in [5.74, 6) is -0.575. The zero-order chi connectivity index (χ0) is 30.6. The summed E-state index contributed by atoms with van der Waals surface area (Å²) in [5.41, 5.74) is 2.61. The predicted molar refractivity (Wildman–Crippen MR) is 151 cm³/mol. The summed E-state index contributed by atoms with van der Waals surface area (Å²) in [6.07, 6.45) is 0.492. The molecule has 3 amide bonds. The highest BCUT2D eigenvalue weighted by molar-refractivity contribution is 5.89. The molecule has 2 aliphatic heterocycles. The molecule has 3 atom stereocenters. The summed E-state index contributed by atoms with van der Waals surface area (Å²) in [6.45, 7) is 7.67. The topological polar surface area (TPSA) is 171 Å². The lowest BCUT2D eigenvalue weighted by atomic mass is 9.85. The van der Waals surface area contributed by atoms with E-state index in [0.717, 1.165) is 22.4 Å². The van der Waals surface area contributed by atoms with Crippen LogP contribution in [0.3, 0.4) is 0 Å². The second kappa shape index (κ2) is 12.9. The van der Waals surface area contributed by atoms with Crippen LogP contribution in [0, 0.1) is 12.3 Å². The maximum Gasteiger partial charge on any atom is 0.303 e. The Hall–Kier alpha value is -3.93. The maximum absolute atomic E-state index is 13.7. The largest absolute Gasteiger partial charge is 0.485 e. The lowest BCUT2D eigenvalue weighted by Gasteiger charge is -2.35. The van der Waals surface area contributed by atoms with Gasteiger partial charge in [0, 0.05) is 31.4 Å². The molecular weight excluding hydrogens is 544 g/mol. The number of carboxylic acids is 1. The van der Waals surface area contributed by atoms with E-state index in [-0.39, 0.29) is 56.6 Å². The van der Waals surface area contributed by atoms with Gasteiger partial charge in [0.1, 0.15) is 24.6 Å². The fourth-order valence-electron chi connectivity index (χ4n) is 5.41. The molecule has 228 valence electrons. The molecule has 0 radical (unpaired) electrons. The Morgan fingerprint density at radius 1 is 1.12 bits per heavy atom. The van der Waals surface area contributed by atoms with Crippen molar-refractivity contribution in [1.82, 2.24) is 20.7 Å². The summed E-state index contributed by atoms with van der Waals surface area (Å²) < 4.78 is 11.1. The van der Waals surface area contributed by atoms with Crippen LogP contribution in [0.15, 0.2) is 22.7 Å². The number of aryl methyl sites for hydroxylation is 1. The Balaban J connectivity index is 1.37. The average molecular weight is 585 g/mol. The van der Waals surface area contributed by atoms with Crippen molar-refractivity contribution >= 4 is 23.7 Å². The molecule has 3 heterocycles. The number of β-amino-alcohol motifs (C(OH)–C–C–N with tert-alkyl or cyclic N) is 1. The summed E-state index contributed by atoms with van der Waals surface area (Å²) in [5, 5.41) is 28.9. The number of aliphatic hydroxyl groups is 1. The first-order chi connectivity index (χ1) is 19.8. The van der Waals surface area contributed by atoms with Crippen LogP contribution in [0.1, 0.15) is 76.3 Å². The van der Waals surface area contributed by atoms with E-state index in [0.29, 0.717) is 30.8 Å². The van der Waals surface area contributed by atoms with Crippen LogP contribution in [0.5, 0.6) is 5.75 Å².